The fourth-order valence-corrected chi connectivity index (χ4v) is 1.97. The van der Waals surface area contributed by atoms with E-state index in [2.05, 4.69) is 10.2 Å². The first-order valence-corrected chi connectivity index (χ1v) is 6.38. The van der Waals surface area contributed by atoms with Crippen LogP contribution in [0, 0.1) is 5.92 Å². The second-order valence-corrected chi connectivity index (χ2v) is 4.82. The Morgan fingerprint density at radius 2 is 2.21 bits per heavy atom. The van der Waals surface area contributed by atoms with Gasteiger partial charge in [0.05, 0.1) is 19.9 Å². The lowest BCUT2D eigenvalue weighted by Crippen LogP contribution is -2.01. The summed E-state index contributed by atoms with van der Waals surface area (Å²) in [6.07, 6.45) is 4.24. The van der Waals surface area contributed by atoms with Gasteiger partial charge in [0.1, 0.15) is 5.82 Å². The summed E-state index contributed by atoms with van der Waals surface area (Å²) in [5, 5.41) is 6.65. The summed E-state index contributed by atoms with van der Waals surface area (Å²) in [6, 6.07) is 5.80. The van der Waals surface area contributed by atoms with Crippen molar-refractivity contribution < 1.29 is 9.47 Å². The van der Waals surface area contributed by atoms with E-state index in [1.54, 1.807) is 13.3 Å². The maximum Gasteiger partial charge on any atom is 0.161 e. The third-order valence-electron chi connectivity index (χ3n) is 3.31. The van der Waals surface area contributed by atoms with Crippen molar-refractivity contribution in [3.8, 4) is 22.6 Å². The SMILES string of the molecule is COc1cc(-c2cn[nH]c2N)ccc1OCC1CC1. The molecule has 1 aromatic heterocycles. The van der Waals surface area contributed by atoms with Crippen LogP contribution >= 0.6 is 0 Å². The molecular weight excluding hydrogens is 242 g/mol. The molecule has 5 heteroatoms. The summed E-state index contributed by atoms with van der Waals surface area (Å²) in [5.41, 5.74) is 7.65. The van der Waals surface area contributed by atoms with Crippen LogP contribution in [0.2, 0.25) is 0 Å². The lowest BCUT2D eigenvalue weighted by molar-refractivity contribution is 0.280. The Balaban J connectivity index is 1.85. The van der Waals surface area contributed by atoms with Gasteiger partial charge in [-0.3, -0.25) is 5.10 Å². The highest BCUT2D eigenvalue weighted by atomic mass is 16.5. The molecule has 19 heavy (non-hydrogen) atoms. The molecule has 0 unspecified atom stereocenters. The van der Waals surface area contributed by atoms with Crippen LogP contribution in [-0.2, 0) is 0 Å². The van der Waals surface area contributed by atoms with Crippen molar-refractivity contribution in [2.24, 2.45) is 5.92 Å². The van der Waals surface area contributed by atoms with Gasteiger partial charge in [-0.25, -0.2) is 0 Å². The van der Waals surface area contributed by atoms with Crippen LogP contribution in [0.15, 0.2) is 24.4 Å². The quantitative estimate of drug-likeness (QED) is 0.865. The third-order valence-corrected chi connectivity index (χ3v) is 3.31. The third kappa shape index (κ3) is 2.50. The van der Waals surface area contributed by atoms with E-state index in [-0.39, 0.29) is 0 Å². The molecule has 100 valence electrons. The summed E-state index contributed by atoms with van der Waals surface area (Å²) < 4.78 is 11.2. The lowest BCUT2D eigenvalue weighted by Gasteiger charge is -2.11. The number of benzene rings is 1. The highest BCUT2D eigenvalue weighted by Gasteiger charge is 2.22. The van der Waals surface area contributed by atoms with E-state index in [9.17, 15) is 0 Å². The highest BCUT2D eigenvalue weighted by molar-refractivity contribution is 5.75. The first kappa shape index (κ1) is 11.9. The first-order valence-electron chi connectivity index (χ1n) is 6.38. The van der Waals surface area contributed by atoms with Crippen molar-refractivity contribution in [1.29, 1.82) is 0 Å². The molecule has 1 aliphatic rings. The summed E-state index contributed by atoms with van der Waals surface area (Å²) in [5.74, 6) is 2.77. The van der Waals surface area contributed by atoms with Crippen molar-refractivity contribution in [3.05, 3.63) is 24.4 Å². The number of ether oxygens (including phenoxy) is 2. The zero-order valence-corrected chi connectivity index (χ0v) is 10.8. The van der Waals surface area contributed by atoms with Crippen molar-refractivity contribution in [3.63, 3.8) is 0 Å². The number of nitrogens with zero attached hydrogens (tertiary/aromatic N) is 1. The Morgan fingerprint density at radius 3 is 2.84 bits per heavy atom. The number of hydrogen-bond acceptors (Lipinski definition) is 4. The zero-order chi connectivity index (χ0) is 13.2. The number of aromatic nitrogens is 2. The van der Waals surface area contributed by atoms with Crippen molar-refractivity contribution >= 4 is 5.82 Å². The number of rotatable bonds is 5. The fourth-order valence-electron chi connectivity index (χ4n) is 1.97. The van der Waals surface area contributed by atoms with Crippen molar-refractivity contribution in [1.82, 2.24) is 10.2 Å². The van der Waals surface area contributed by atoms with Crippen LogP contribution in [0.4, 0.5) is 5.82 Å². The van der Waals surface area contributed by atoms with Crippen LogP contribution in [-0.4, -0.2) is 23.9 Å². The number of anilines is 1. The summed E-state index contributed by atoms with van der Waals surface area (Å²) >= 11 is 0. The van der Waals surface area contributed by atoms with E-state index in [4.69, 9.17) is 15.2 Å². The Morgan fingerprint density at radius 1 is 1.37 bits per heavy atom. The van der Waals surface area contributed by atoms with Gasteiger partial charge in [-0.1, -0.05) is 6.07 Å². The van der Waals surface area contributed by atoms with Crippen LogP contribution in [0.1, 0.15) is 12.8 Å². The molecule has 0 radical (unpaired) electrons. The van der Waals surface area contributed by atoms with E-state index < -0.39 is 0 Å². The van der Waals surface area contributed by atoms with Gasteiger partial charge in [-0.05, 0) is 36.5 Å². The van der Waals surface area contributed by atoms with Gasteiger partial charge in [0, 0.05) is 5.56 Å². The Bertz CT molecular complexity index is 576. The van der Waals surface area contributed by atoms with Crippen LogP contribution in [0.3, 0.4) is 0 Å². The van der Waals surface area contributed by atoms with Crippen LogP contribution < -0.4 is 15.2 Å². The van der Waals surface area contributed by atoms with Crippen LogP contribution in [0.25, 0.3) is 11.1 Å². The van der Waals surface area contributed by atoms with E-state index in [0.29, 0.717) is 11.7 Å². The minimum Gasteiger partial charge on any atom is -0.493 e. The maximum atomic E-state index is 5.82. The van der Waals surface area contributed by atoms with Crippen molar-refractivity contribution in [2.75, 3.05) is 19.5 Å². The number of nitrogens with one attached hydrogen (secondary N) is 1. The molecule has 3 rings (SSSR count). The molecule has 0 atom stereocenters. The first-order chi connectivity index (χ1) is 9.28. The summed E-state index contributed by atoms with van der Waals surface area (Å²) in [4.78, 5) is 0. The van der Waals surface area contributed by atoms with Gasteiger partial charge in [-0.15, -0.1) is 0 Å². The molecule has 1 heterocycles. The fraction of sp³-hybridized carbons (Fsp3) is 0.357. The van der Waals surface area contributed by atoms with Gasteiger partial charge in [0.2, 0.25) is 0 Å². The number of nitrogen functional groups attached to an aromatic ring is 1. The van der Waals surface area contributed by atoms with E-state index in [1.165, 1.54) is 12.8 Å². The van der Waals surface area contributed by atoms with Gasteiger partial charge >= 0.3 is 0 Å². The number of nitrogens with two attached hydrogens (primary N) is 1. The molecule has 0 spiro atoms. The highest BCUT2D eigenvalue weighted by Crippen LogP contribution is 2.36. The predicted octanol–water partition coefficient (Wildman–Crippen LogP) is 2.46. The van der Waals surface area contributed by atoms with Gasteiger partial charge in [0.25, 0.3) is 0 Å². The van der Waals surface area contributed by atoms with Gasteiger partial charge < -0.3 is 15.2 Å². The molecule has 1 aromatic carbocycles. The Hall–Kier alpha value is -2.17. The van der Waals surface area contributed by atoms with Gasteiger partial charge in [0.15, 0.2) is 11.5 Å². The molecule has 3 N–H and O–H groups in total. The number of methoxy groups -OCH3 is 1. The van der Waals surface area contributed by atoms with E-state index >= 15 is 0 Å². The summed E-state index contributed by atoms with van der Waals surface area (Å²) in [7, 11) is 1.64. The molecule has 2 aromatic rings. The van der Waals surface area contributed by atoms with Gasteiger partial charge in [-0.2, -0.15) is 5.10 Å². The molecule has 5 nitrogen and oxygen atoms in total. The normalized spacial score (nSPS) is 14.4. The molecule has 0 amide bonds. The van der Waals surface area contributed by atoms with E-state index in [1.807, 2.05) is 18.2 Å². The Labute approximate surface area is 111 Å². The summed E-state index contributed by atoms with van der Waals surface area (Å²) in [6.45, 7) is 0.767. The second-order valence-electron chi connectivity index (χ2n) is 4.82. The Kier molecular flexibility index (Phi) is 3.03. The molecule has 1 fully saturated rings. The van der Waals surface area contributed by atoms with Crippen LogP contribution in [0.5, 0.6) is 11.5 Å². The van der Waals surface area contributed by atoms with E-state index in [0.717, 1.165) is 29.2 Å². The molecule has 0 saturated heterocycles. The standard InChI is InChI=1S/C14H17N3O2/c1-18-13-6-10(11-7-16-17-14(11)15)4-5-12(13)19-8-9-2-3-9/h4-7,9H,2-3,8H2,1H3,(H3,15,16,17). The lowest BCUT2D eigenvalue weighted by atomic mass is 10.1. The molecular formula is C14H17N3O2. The molecule has 0 aliphatic heterocycles. The topological polar surface area (TPSA) is 73.2 Å². The smallest absolute Gasteiger partial charge is 0.161 e. The maximum absolute atomic E-state index is 5.82. The second kappa shape index (κ2) is 4.84. The molecule has 0 bridgehead atoms. The predicted molar refractivity (Wildman–Crippen MR) is 73.2 cm³/mol. The average Bonchev–Trinajstić information content (AvgIpc) is 3.17. The molecule has 1 saturated carbocycles. The monoisotopic (exact) mass is 259 g/mol. The molecule has 1 aliphatic carbocycles. The zero-order valence-electron chi connectivity index (χ0n) is 10.8. The number of aromatic amines is 1. The largest absolute Gasteiger partial charge is 0.493 e. The number of hydrogen-bond donors (Lipinski definition) is 2. The minimum absolute atomic E-state index is 0.550. The number of H-pyrrole nitrogens is 1. The van der Waals surface area contributed by atoms with Crippen molar-refractivity contribution in [2.45, 2.75) is 12.8 Å². The average molecular weight is 259 g/mol. The minimum atomic E-state index is 0.550.